The standard InChI is InChI=1S/C23H25N3O3/c24-16-18-8-10-19(11-9-18)28-15-14-26-17-22(23(27)25-12-4-1-5-13-25)29-21-7-3-2-6-20(21)26/h2-3,6-11,22H,1,4-5,12-15,17H2. The number of hydrogen-bond donors (Lipinski definition) is 0. The highest BCUT2D eigenvalue weighted by atomic mass is 16.5. The van der Waals surface area contributed by atoms with Crippen LogP contribution in [0.5, 0.6) is 11.5 Å². The van der Waals surface area contributed by atoms with Crippen LogP contribution in [0.15, 0.2) is 48.5 Å². The van der Waals surface area contributed by atoms with E-state index in [-0.39, 0.29) is 5.91 Å². The number of carbonyl (C=O) groups is 1. The van der Waals surface area contributed by atoms with Crippen molar-refractivity contribution in [3.8, 4) is 17.6 Å². The van der Waals surface area contributed by atoms with Gasteiger partial charge in [0.15, 0.2) is 6.10 Å². The van der Waals surface area contributed by atoms with Crippen LogP contribution >= 0.6 is 0 Å². The van der Waals surface area contributed by atoms with Gasteiger partial charge < -0.3 is 19.3 Å². The second-order valence-electron chi connectivity index (χ2n) is 7.39. The minimum Gasteiger partial charge on any atom is -0.492 e. The van der Waals surface area contributed by atoms with Gasteiger partial charge in [-0.1, -0.05) is 12.1 Å². The molecule has 4 rings (SSSR count). The van der Waals surface area contributed by atoms with Crippen molar-refractivity contribution < 1.29 is 14.3 Å². The molecular formula is C23H25N3O3. The zero-order valence-corrected chi connectivity index (χ0v) is 16.4. The number of hydrogen-bond acceptors (Lipinski definition) is 5. The van der Waals surface area contributed by atoms with Crippen molar-refractivity contribution in [2.75, 3.05) is 37.7 Å². The lowest BCUT2D eigenvalue weighted by atomic mass is 10.1. The number of amides is 1. The van der Waals surface area contributed by atoms with Gasteiger partial charge in [0.05, 0.1) is 30.4 Å². The molecule has 2 aromatic carbocycles. The summed E-state index contributed by atoms with van der Waals surface area (Å²) in [6.07, 6.45) is 2.84. The normalized spacial score (nSPS) is 18.4. The number of anilines is 1. The number of likely N-dealkylation sites (tertiary alicyclic amines) is 1. The van der Waals surface area contributed by atoms with Crippen LogP contribution in [-0.2, 0) is 4.79 Å². The van der Waals surface area contributed by atoms with Crippen LogP contribution < -0.4 is 14.4 Å². The topological polar surface area (TPSA) is 65.8 Å². The Morgan fingerprint density at radius 3 is 2.62 bits per heavy atom. The van der Waals surface area contributed by atoms with Crippen molar-refractivity contribution in [2.24, 2.45) is 0 Å². The number of carbonyl (C=O) groups excluding carboxylic acids is 1. The summed E-state index contributed by atoms with van der Waals surface area (Å²) in [6, 6.07) is 17.0. The molecule has 1 atom stereocenters. The lowest BCUT2D eigenvalue weighted by Gasteiger charge is -2.38. The number of nitriles is 1. The zero-order valence-electron chi connectivity index (χ0n) is 16.4. The third kappa shape index (κ3) is 4.45. The second kappa shape index (κ2) is 8.87. The van der Waals surface area contributed by atoms with Gasteiger partial charge in [-0.15, -0.1) is 0 Å². The molecule has 6 heteroatoms. The van der Waals surface area contributed by atoms with Gasteiger partial charge in [0.1, 0.15) is 18.1 Å². The molecule has 2 aliphatic rings. The summed E-state index contributed by atoms with van der Waals surface area (Å²) in [4.78, 5) is 17.1. The smallest absolute Gasteiger partial charge is 0.265 e. The number of piperidine rings is 1. The number of benzene rings is 2. The Kier molecular flexibility index (Phi) is 5.85. The third-order valence-corrected chi connectivity index (χ3v) is 5.42. The van der Waals surface area contributed by atoms with Gasteiger partial charge in [-0.25, -0.2) is 0 Å². The van der Waals surface area contributed by atoms with E-state index in [0.717, 1.165) is 43.1 Å². The van der Waals surface area contributed by atoms with Gasteiger partial charge in [0.2, 0.25) is 0 Å². The van der Waals surface area contributed by atoms with Crippen LogP contribution in [0.4, 0.5) is 5.69 Å². The molecule has 2 heterocycles. The van der Waals surface area contributed by atoms with Crippen molar-refractivity contribution in [3.63, 3.8) is 0 Å². The SMILES string of the molecule is N#Cc1ccc(OCCN2CC(C(=O)N3CCCCC3)Oc3ccccc32)cc1. The van der Waals surface area contributed by atoms with Gasteiger partial charge in [-0.05, 0) is 55.7 Å². The highest BCUT2D eigenvalue weighted by Gasteiger charge is 2.33. The van der Waals surface area contributed by atoms with E-state index in [1.54, 1.807) is 24.3 Å². The molecule has 1 saturated heterocycles. The summed E-state index contributed by atoms with van der Waals surface area (Å²) < 4.78 is 11.9. The van der Waals surface area contributed by atoms with Gasteiger partial charge >= 0.3 is 0 Å². The fourth-order valence-electron chi connectivity index (χ4n) is 3.86. The molecule has 0 aromatic heterocycles. The van der Waals surface area contributed by atoms with Crippen LogP contribution in [0.25, 0.3) is 0 Å². The first-order valence-electron chi connectivity index (χ1n) is 10.2. The first-order valence-corrected chi connectivity index (χ1v) is 10.2. The highest BCUT2D eigenvalue weighted by Crippen LogP contribution is 2.33. The molecule has 0 saturated carbocycles. The summed E-state index contributed by atoms with van der Waals surface area (Å²) in [5.74, 6) is 1.55. The second-order valence-corrected chi connectivity index (χ2v) is 7.39. The van der Waals surface area contributed by atoms with Gasteiger partial charge in [-0.3, -0.25) is 4.79 Å². The monoisotopic (exact) mass is 391 g/mol. The molecule has 0 spiro atoms. The Hall–Kier alpha value is -3.20. The molecular weight excluding hydrogens is 366 g/mol. The Morgan fingerprint density at radius 2 is 1.86 bits per heavy atom. The summed E-state index contributed by atoms with van der Waals surface area (Å²) in [5, 5.41) is 8.89. The van der Waals surface area contributed by atoms with E-state index in [9.17, 15) is 4.79 Å². The maximum absolute atomic E-state index is 13.0. The van der Waals surface area contributed by atoms with E-state index < -0.39 is 6.10 Å². The van der Waals surface area contributed by atoms with Crippen molar-refractivity contribution in [1.82, 2.24) is 4.90 Å². The zero-order chi connectivity index (χ0) is 20.1. The van der Waals surface area contributed by atoms with Crippen LogP contribution in [-0.4, -0.2) is 49.7 Å². The molecule has 2 aliphatic heterocycles. The molecule has 150 valence electrons. The fraction of sp³-hybridized carbons (Fsp3) is 0.391. The van der Waals surface area contributed by atoms with Crippen LogP contribution in [0.3, 0.4) is 0 Å². The molecule has 1 amide bonds. The van der Waals surface area contributed by atoms with Gasteiger partial charge in [0, 0.05) is 13.1 Å². The lowest BCUT2D eigenvalue weighted by molar-refractivity contribution is -0.139. The van der Waals surface area contributed by atoms with E-state index in [4.69, 9.17) is 14.7 Å². The van der Waals surface area contributed by atoms with Crippen molar-refractivity contribution in [1.29, 1.82) is 5.26 Å². The van der Waals surface area contributed by atoms with Crippen LogP contribution in [0.1, 0.15) is 24.8 Å². The molecule has 29 heavy (non-hydrogen) atoms. The Bertz CT molecular complexity index is 885. The largest absolute Gasteiger partial charge is 0.492 e. The minimum absolute atomic E-state index is 0.0808. The van der Waals surface area contributed by atoms with Gasteiger partial charge in [0.25, 0.3) is 5.91 Å². The summed E-state index contributed by atoms with van der Waals surface area (Å²) in [6.45, 7) is 3.28. The number of para-hydroxylation sites is 2. The molecule has 0 bridgehead atoms. The van der Waals surface area contributed by atoms with E-state index in [2.05, 4.69) is 11.0 Å². The van der Waals surface area contributed by atoms with Gasteiger partial charge in [-0.2, -0.15) is 5.26 Å². The predicted molar refractivity (Wildman–Crippen MR) is 110 cm³/mol. The van der Waals surface area contributed by atoms with E-state index in [0.29, 0.717) is 25.3 Å². The van der Waals surface area contributed by atoms with Crippen molar-refractivity contribution >= 4 is 11.6 Å². The average Bonchev–Trinajstić information content (AvgIpc) is 2.79. The summed E-state index contributed by atoms with van der Waals surface area (Å²) >= 11 is 0. The number of fused-ring (bicyclic) bond motifs is 1. The fourth-order valence-corrected chi connectivity index (χ4v) is 3.86. The number of nitrogens with zero attached hydrogens (tertiary/aromatic N) is 3. The van der Waals surface area contributed by atoms with Crippen molar-refractivity contribution in [3.05, 3.63) is 54.1 Å². The molecule has 1 unspecified atom stereocenters. The highest BCUT2D eigenvalue weighted by molar-refractivity contribution is 5.83. The Labute approximate surface area is 171 Å². The molecule has 1 fully saturated rings. The maximum Gasteiger partial charge on any atom is 0.265 e. The summed E-state index contributed by atoms with van der Waals surface area (Å²) in [5.41, 5.74) is 1.59. The number of ether oxygens (including phenoxy) is 2. The summed E-state index contributed by atoms with van der Waals surface area (Å²) in [7, 11) is 0. The maximum atomic E-state index is 13.0. The quantitative estimate of drug-likeness (QED) is 0.783. The molecule has 0 radical (unpaired) electrons. The Morgan fingerprint density at radius 1 is 1.10 bits per heavy atom. The Balaban J connectivity index is 1.41. The molecule has 2 aromatic rings. The van der Waals surface area contributed by atoms with Crippen molar-refractivity contribution in [2.45, 2.75) is 25.4 Å². The molecule has 0 aliphatic carbocycles. The predicted octanol–water partition coefficient (Wildman–Crippen LogP) is 3.22. The van der Waals surface area contributed by atoms with E-state index in [1.165, 1.54) is 6.42 Å². The van der Waals surface area contributed by atoms with Crippen LogP contribution in [0, 0.1) is 11.3 Å². The lowest BCUT2D eigenvalue weighted by Crippen LogP contribution is -2.52. The molecule has 0 N–H and O–H groups in total. The van der Waals surface area contributed by atoms with Crippen LogP contribution in [0.2, 0.25) is 0 Å². The first kappa shape index (κ1) is 19.1. The minimum atomic E-state index is -0.488. The number of rotatable bonds is 5. The van der Waals surface area contributed by atoms with E-state index >= 15 is 0 Å². The molecule has 6 nitrogen and oxygen atoms in total. The average molecular weight is 391 g/mol. The first-order chi connectivity index (χ1) is 14.2. The third-order valence-electron chi connectivity index (χ3n) is 5.42. The van der Waals surface area contributed by atoms with E-state index in [1.807, 2.05) is 29.2 Å².